The lowest BCUT2D eigenvalue weighted by Gasteiger charge is -2.35. The van der Waals surface area contributed by atoms with Crippen molar-refractivity contribution in [2.24, 2.45) is 11.8 Å². The third-order valence-electron chi connectivity index (χ3n) is 8.19. The summed E-state index contributed by atoms with van der Waals surface area (Å²) >= 11 is 6.11. The van der Waals surface area contributed by atoms with Crippen molar-refractivity contribution in [1.29, 1.82) is 0 Å². The Bertz CT molecular complexity index is 1480. The number of methoxy groups -OCH3 is 1. The van der Waals surface area contributed by atoms with Crippen LogP contribution in [0.2, 0.25) is 5.02 Å². The maximum atomic E-state index is 14.2. The fourth-order valence-corrected chi connectivity index (χ4v) is 6.01. The van der Waals surface area contributed by atoms with E-state index in [4.69, 9.17) is 21.3 Å². The van der Waals surface area contributed by atoms with E-state index in [9.17, 15) is 4.79 Å². The molecule has 0 spiro atoms. The van der Waals surface area contributed by atoms with Crippen LogP contribution in [0.5, 0.6) is 5.75 Å². The first-order valence-corrected chi connectivity index (χ1v) is 14.5. The van der Waals surface area contributed by atoms with Crippen LogP contribution in [0.15, 0.2) is 71.5 Å². The molecule has 1 aromatic heterocycles. The molecule has 0 aliphatic carbocycles. The van der Waals surface area contributed by atoms with E-state index in [1.54, 1.807) is 7.11 Å². The van der Waals surface area contributed by atoms with Crippen LogP contribution in [0.4, 0.5) is 0 Å². The fraction of sp³-hybridized carbons (Fsp3) is 0.394. The number of hydrogen-bond donors (Lipinski definition) is 0. The van der Waals surface area contributed by atoms with E-state index in [1.807, 2.05) is 71.3 Å². The number of halogens is 1. The zero-order valence-corrected chi connectivity index (χ0v) is 24.0. The molecule has 2 heterocycles. The Balaban J connectivity index is 1.58. The van der Waals surface area contributed by atoms with Gasteiger partial charge in [-0.05, 0) is 78.7 Å². The predicted octanol–water partition coefficient (Wildman–Crippen LogP) is 7.54. The second kappa shape index (κ2) is 12.4. The van der Waals surface area contributed by atoms with Crippen LogP contribution >= 0.6 is 11.6 Å². The third kappa shape index (κ3) is 6.05. The number of likely N-dealkylation sites (tertiary alicyclic amines) is 1. The summed E-state index contributed by atoms with van der Waals surface area (Å²) in [5.74, 6) is 2.50. The topological polar surface area (TPSA) is 47.4 Å². The Kier molecular flexibility index (Phi) is 8.69. The second-order valence-electron chi connectivity index (χ2n) is 10.7. The molecule has 1 aliphatic rings. The van der Waals surface area contributed by atoms with Gasteiger partial charge in [-0.25, -0.2) is 4.98 Å². The minimum atomic E-state index is -0.00571. The summed E-state index contributed by atoms with van der Waals surface area (Å²) in [7, 11) is 1.66. The van der Waals surface area contributed by atoms with Crippen LogP contribution < -0.4 is 10.3 Å². The lowest BCUT2D eigenvalue weighted by atomic mass is 9.95. The summed E-state index contributed by atoms with van der Waals surface area (Å²) in [4.78, 5) is 21.9. The molecule has 204 valence electrons. The Morgan fingerprint density at radius 2 is 1.77 bits per heavy atom. The number of hydrogen-bond acceptors (Lipinski definition) is 4. The molecular weight excluding hydrogens is 506 g/mol. The number of nitrogens with zero attached hydrogens (tertiary/aromatic N) is 3. The average Bonchev–Trinajstić information content (AvgIpc) is 2.97. The number of fused-ring (bicyclic) bond motifs is 1. The number of piperidine rings is 1. The van der Waals surface area contributed by atoms with Crippen LogP contribution in [-0.4, -0.2) is 41.2 Å². The number of aromatic nitrogens is 2. The molecule has 0 amide bonds. The van der Waals surface area contributed by atoms with Crippen LogP contribution in [0.1, 0.15) is 39.5 Å². The van der Waals surface area contributed by atoms with Gasteiger partial charge in [0.2, 0.25) is 0 Å². The van der Waals surface area contributed by atoms with E-state index < -0.39 is 0 Å². The van der Waals surface area contributed by atoms with Crippen molar-refractivity contribution < 1.29 is 4.74 Å². The normalized spacial score (nSPS) is 16.2. The Morgan fingerprint density at radius 1 is 1.03 bits per heavy atom. The molecule has 4 aromatic rings. The SMILES string of the molecule is CCC(CC)CN1CCCC(Cn2c(-c3ccccc3OC)nc3ccc(-c4ccc(Cl)cc4)cc3c2=O)C1. The monoisotopic (exact) mass is 543 g/mol. The highest BCUT2D eigenvalue weighted by Crippen LogP contribution is 2.31. The lowest BCUT2D eigenvalue weighted by molar-refractivity contribution is 0.138. The molecule has 1 unspecified atom stereocenters. The van der Waals surface area contributed by atoms with Gasteiger partial charge in [0, 0.05) is 24.7 Å². The highest BCUT2D eigenvalue weighted by atomic mass is 35.5. The van der Waals surface area contributed by atoms with Gasteiger partial charge in [0.1, 0.15) is 11.6 Å². The smallest absolute Gasteiger partial charge is 0.261 e. The van der Waals surface area contributed by atoms with Crippen molar-refractivity contribution in [1.82, 2.24) is 14.5 Å². The van der Waals surface area contributed by atoms with Crippen LogP contribution in [-0.2, 0) is 6.54 Å². The van der Waals surface area contributed by atoms with Gasteiger partial charge in [-0.2, -0.15) is 0 Å². The minimum absolute atomic E-state index is 0.00571. The zero-order valence-electron chi connectivity index (χ0n) is 23.2. The number of para-hydroxylation sites is 1. The van der Waals surface area contributed by atoms with E-state index in [1.165, 1.54) is 12.8 Å². The molecule has 39 heavy (non-hydrogen) atoms. The molecule has 6 heteroatoms. The van der Waals surface area contributed by atoms with E-state index >= 15 is 0 Å². The molecule has 1 saturated heterocycles. The molecule has 0 N–H and O–H groups in total. The number of ether oxygens (including phenoxy) is 1. The van der Waals surface area contributed by atoms with Gasteiger partial charge in [-0.3, -0.25) is 9.36 Å². The predicted molar refractivity (Wildman–Crippen MR) is 162 cm³/mol. The fourth-order valence-electron chi connectivity index (χ4n) is 5.88. The van der Waals surface area contributed by atoms with Gasteiger partial charge in [0.15, 0.2) is 0 Å². The largest absolute Gasteiger partial charge is 0.496 e. The van der Waals surface area contributed by atoms with E-state index in [2.05, 4.69) is 18.7 Å². The van der Waals surface area contributed by atoms with Gasteiger partial charge in [-0.1, -0.05) is 68.6 Å². The molecule has 5 nitrogen and oxygen atoms in total. The van der Waals surface area contributed by atoms with Crippen molar-refractivity contribution >= 4 is 22.5 Å². The molecule has 1 atom stereocenters. The highest BCUT2D eigenvalue weighted by molar-refractivity contribution is 6.30. The van der Waals surface area contributed by atoms with Gasteiger partial charge < -0.3 is 9.64 Å². The first-order chi connectivity index (χ1) is 19.0. The van der Waals surface area contributed by atoms with Crippen LogP contribution in [0.3, 0.4) is 0 Å². The summed E-state index contributed by atoms with van der Waals surface area (Å²) < 4.78 is 7.59. The number of benzene rings is 3. The zero-order chi connectivity index (χ0) is 27.4. The summed E-state index contributed by atoms with van der Waals surface area (Å²) in [6, 6.07) is 21.5. The molecule has 0 radical (unpaired) electrons. The molecule has 3 aromatic carbocycles. The Labute approximate surface area is 236 Å². The van der Waals surface area contributed by atoms with Crippen molar-refractivity contribution in [3.8, 4) is 28.3 Å². The summed E-state index contributed by atoms with van der Waals surface area (Å²) in [5.41, 5.74) is 3.52. The summed E-state index contributed by atoms with van der Waals surface area (Å²) in [6.07, 6.45) is 4.69. The van der Waals surface area contributed by atoms with Crippen LogP contribution in [0, 0.1) is 11.8 Å². The van der Waals surface area contributed by atoms with Crippen molar-refractivity contribution in [2.75, 3.05) is 26.7 Å². The first-order valence-electron chi connectivity index (χ1n) is 14.2. The van der Waals surface area contributed by atoms with E-state index in [0.29, 0.717) is 40.0 Å². The third-order valence-corrected chi connectivity index (χ3v) is 8.45. The Morgan fingerprint density at radius 3 is 2.51 bits per heavy atom. The van der Waals surface area contributed by atoms with Gasteiger partial charge >= 0.3 is 0 Å². The molecule has 0 bridgehead atoms. The maximum Gasteiger partial charge on any atom is 0.261 e. The molecule has 5 rings (SSSR count). The standard InChI is InChI=1S/C33H38ClN3O2/c1-4-23(5-2)20-36-18-8-9-24(21-36)22-37-32(28-10-6-7-11-31(28)39-3)35-30-17-14-26(19-29(30)33(37)38)25-12-15-27(34)16-13-25/h6-7,10-17,19,23-24H,4-5,8-9,18,20-22H2,1-3H3. The summed E-state index contributed by atoms with van der Waals surface area (Å²) in [5, 5.41) is 1.32. The van der Waals surface area contributed by atoms with Gasteiger partial charge in [-0.15, -0.1) is 0 Å². The van der Waals surface area contributed by atoms with Gasteiger partial charge in [0.05, 0.1) is 23.6 Å². The van der Waals surface area contributed by atoms with Crippen molar-refractivity contribution in [3.63, 3.8) is 0 Å². The molecular formula is C33H38ClN3O2. The van der Waals surface area contributed by atoms with Gasteiger partial charge in [0.25, 0.3) is 5.56 Å². The quantitative estimate of drug-likeness (QED) is 0.219. The number of rotatable bonds is 9. The first kappa shape index (κ1) is 27.4. The molecule has 1 fully saturated rings. The Hall–Kier alpha value is -3.15. The highest BCUT2D eigenvalue weighted by Gasteiger charge is 2.25. The minimum Gasteiger partial charge on any atom is -0.496 e. The molecule has 0 saturated carbocycles. The maximum absolute atomic E-state index is 14.2. The van der Waals surface area contributed by atoms with E-state index in [-0.39, 0.29) is 5.56 Å². The average molecular weight is 544 g/mol. The lowest BCUT2D eigenvalue weighted by Crippen LogP contribution is -2.41. The van der Waals surface area contributed by atoms with E-state index in [0.717, 1.165) is 55.1 Å². The van der Waals surface area contributed by atoms with Crippen molar-refractivity contribution in [2.45, 2.75) is 46.1 Å². The van der Waals surface area contributed by atoms with Crippen molar-refractivity contribution in [3.05, 3.63) is 82.1 Å². The second-order valence-corrected chi connectivity index (χ2v) is 11.2. The summed E-state index contributed by atoms with van der Waals surface area (Å²) in [6.45, 7) is 8.50. The van der Waals surface area contributed by atoms with Crippen LogP contribution in [0.25, 0.3) is 33.4 Å². The molecule has 1 aliphatic heterocycles.